The van der Waals surface area contributed by atoms with Crippen LogP contribution in [0.3, 0.4) is 0 Å². The van der Waals surface area contributed by atoms with Crippen molar-refractivity contribution in [1.29, 1.82) is 0 Å². The number of nitrogens with one attached hydrogen (secondary N) is 1. The van der Waals surface area contributed by atoms with Crippen LogP contribution in [0.5, 0.6) is 11.5 Å². The Labute approximate surface area is 162 Å². The average molecular weight is 370 g/mol. The molecule has 1 N–H and O–H groups in total. The van der Waals surface area contributed by atoms with Crippen molar-refractivity contribution in [3.8, 4) is 11.5 Å². The quantitative estimate of drug-likeness (QED) is 0.773. The van der Waals surface area contributed by atoms with Crippen molar-refractivity contribution < 1.29 is 14.3 Å². The normalized spacial score (nSPS) is 13.6. The van der Waals surface area contributed by atoms with Gasteiger partial charge in [-0.1, -0.05) is 50.6 Å². The lowest BCUT2D eigenvalue weighted by Crippen LogP contribution is -2.43. The van der Waals surface area contributed by atoms with Crippen LogP contribution in [0.15, 0.2) is 48.5 Å². The molecule has 1 amide bonds. The summed E-state index contributed by atoms with van der Waals surface area (Å²) in [6, 6.07) is 15.6. The fourth-order valence-corrected chi connectivity index (χ4v) is 2.55. The zero-order valence-corrected chi connectivity index (χ0v) is 17.2. The van der Waals surface area contributed by atoms with E-state index in [1.165, 1.54) is 11.1 Å². The Morgan fingerprint density at radius 3 is 2.07 bits per heavy atom. The van der Waals surface area contributed by atoms with Crippen LogP contribution in [0.1, 0.15) is 45.7 Å². The fraction of sp³-hybridized carbons (Fsp3) is 0.435. The molecule has 2 aromatic rings. The molecule has 146 valence electrons. The van der Waals surface area contributed by atoms with Crippen LogP contribution in [0.25, 0.3) is 0 Å². The Hall–Kier alpha value is -2.49. The Balaban J connectivity index is 1.81. The minimum atomic E-state index is -0.577. The maximum atomic E-state index is 12.3. The van der Waals surface area contributed by atoms with Gasteiger partial charge in [-0.05, 0) is 56.0 Å². The first-order chi connectivity index (χ1) is 12.6. The van der Waals surface area contributed by atoms with Gasteiger partial charge in [-0.15, -0.1) is 0 Å². The third kappa shape index (κ3) is 6.63. The molecule has 2 rings (SSSR count). The Bertz CT molecular complexity index is 730. The fourth-order valence-electron chi connectivity index (χ4n) is 2.55. The van der Waals surface area contributed by atoms with E-state index < -0.39 is 6.10 Å². The van der Waals surface area contributed by atoms with E-state index in [-0.39, 0.29) is 17.4 Å². The molecule has 2 aromatic carbocycles. The molecule has 0 unspecified atom stereocenters. The molecule has 0 spiro atoms. The van der Waals surface area contributed by atoms with Gasteiger partial charge in [0.2, 0.25) is 0 Å². The number of ether oxygens (including phenoxy) is 2. The van der Waals surface area contributed by atoms with Crippen molar-refractivity contribution in [1.82, 2.24) is 5.32 Å². The molecule has 0 aliphatic carbocycles. The third-order valence-corrected chi connectivity index (χ3v) is 4.31. The smallest absolute Gasteiger partial charge is 0.261 e. The molecule has 0 aliphatic heterocycles. The molecule has 2 atom stereocenters. The Morgan fingerprint density at radius 1 is 0.963 bits per heavy atom. The van der Waals surface area contributed by atoms with Gasteiger partial charge < -0.3 is 14.8 Å². The molecule has 0 aliphatic rings. The second-order valence-electron chi connectivity index (χ2n) is 8.07. The van der Waals surface area contributed by atoms with Crippen molar-refractivity contribution in [2.24, 2.45) is 0 Å². The summed E-state index contributed by atoms with van der Waals surface area (Å²) in [5.41, 5.74) is 2.51. The van der Waals surface area contributed by atoms with E-state index in [0.29, 0.717) is 12.4 Å². The minimum absolute atomic E-state index is 0.0917. The molecule has 27 heavy (non-hydrogen) atoms. The highest BCUT2D eigenvalue weighted by Crippen LogP contribution is 2.24. The van der Waals surface area contributed by atoms with Gasteiger partial charge in [-0.2, -0.15) is 0 Å². The van der Waals surface area contributed by atoms with E-state index in [9.17, 15) is 4.79 Å². The number of hydrogen-bond acceptors (Lipinski definition) is 3. The van der Waals surface area contributed by atoms with Gasteiger partial charge >= 0.3 is 0 Å². The summed E-state index contributed by atoms with van der Waals surface area (Å²) in [5.74, 6) is 1.33. The van der Waals surface area contributed by atoms with Gasteiger partial charge in [0, 0.05) is 0 Å². The van der Waals surface area contributed by atoms with Crippen LogP contribution >= 0.6 is 0 Å². The summed E-state index contributed by atoms with van der Waals surface area (Å²) in [5, 5.41) is 2.93. The summed E-state index contributed by atoms with van der Waals surface area (Å²) in [6.45, 7) is 12.6. The summed E-state index contributed by atoms with van der Waals surface area (Å²) in [4.78, 5) is 12.3. The molecule has 0 saturated heterocycles. The van der Waals surface area contributed by atoms with Gasteiger partial charge in [-0.25, -0.2) is 0 Å². The largest absolute Gasteiger partial charge is 0.491 e. The Morgan fingerprint density at radius 2 is 1.52 bits per heavy atom. The number of benzene rings is 2. The van der Waals surface area contributed by atoms with Crippen molar-refractivity contribution in [2.45, 2.75) is 59.1 Å². The number of hydrogen-bond donors (Lipinski definition) is 1. The van der Waals surface area contributed by atoms with Crippen molar-refractivity contribution >= 4 is 5.91 Å². The predicted octanol–water partition coefficient (Wildman–Crippen LogP) is 4.64. The molecule has 0 radical (unpaired) electrons. The van der Waals surface area contributed by atoms with E-state index in [4.69, 9.17) is 9.47 Å². The van der Waals surface area contributed by atoms with E-state index >= 15 is 0 Å². The summed E-state index contributed by atoms with van der Waals surface area (Å²) in [6.07, 6.45) is -0.577. The molecule has 0 aromatic heterocycles. The van der Waals surface area contributed by atoms with E-state index in [1.54, 1.807) is 6.92 Å². The standard InChI is InChI=1S/C23H31NO3/c1-16-7-11-20(12-8-16)26-15-17(2)24-22(25)18(3)27-21-13-9-19(10-14-21)23(4,5)6/h7-14,17-18H,15H2,1-6H3,(H,24,25)/t17-,18+/m0/s1. The zero-order valence-electron chi connectivity index (χ0n) is 17.2. The molecule has 0 bridgehead atoms. The van der Waals surface area contributed by atoms with Gasteiger partial charge in [0.1, 0.15) is 18.1 Å². The second kappa shape index (κ2) is 8.94. The van der Waals surface area contributed by atoms with Crippen molar-refractivity contribution in [2.75, 3.05) is 6.61 Å². The third-order valence-electron chi connectivity index (χ3n) is 4.31. The monoisotopic (exact) mass is 369 g/mol. The molecule has 0 heterocycles. The summed E-state index contributed by atoms with van der Waals surface area (Å²) in [7, 11) is 0. The summed E-state index contributed by atoms with van der Waals surface area (Å²) >= 11 is 0. The van der Waals surface area contributed by atoms with E-state index in [2.05, 4.69) is 26.1 Å². The second-order valence-corrected chi connectivity index (χ2v) is 8.07. The maximum Gasteiger partial charge on any atom is 0.261 e. The number of aryl methyl sites for hydroxylation is 1. The molecule has 4 nitrogen and oxygen atoms in total. The van der Waals surface area contributed by atoms with Crippen LogP contribution in [-0.2, 0) is 10.2 Å². The topological polar surface area (TPSA) is 47.6 Å². The summed E-state index contributed by atoms with van der Waals surface area (Å²) < 4.78 is 11.5. The van der Waals surface area contributed by atoms with E-state index in [0.717, 1.165) is 5.75 Å². The molecule has 0 fully saturated rings. The minimum Gasteiger partial charge on any atom is -0.491 e. The SMILES string of the molecule is Cc1ccc(OC[C@H](C)NC(=O)[C@@H](C)Oc2ccc(C(C)(C)C)cc2)cc1. The highest BCUT2D eigenvalue weighted by Gasteiger charge is 2.18. The first-order valence-corrected chi connectivity index (χ1v) is 9.42. The van der Waals surface area contributed by atoms with Gasteiger partial charge in [0.15, 0.2) is 6.10 Å². The highest BCUT2D eigenvalue weighted by molar-refractivity contribution is 5.81. The van der Waals surface area contributed by atoms with Crippen molar-refractivity contribution in [3.63, 3.8) is 0 Å². The van der Waals surface area contributed by atoms with Crippen LogP contribution in [0.4, 0.5) is 0 Å². The zero-order chi connectivity index (χ0) is 20.0. The van der Waals surface area contributed by atoms with Crippen molar-refractivity contribution in [3.05, 3.63) is 59.7 Å². The van der Waals surface area contributed by atoms with Crippen LogP contribution in [0, 0.1) is 6.92 Å². The Kier molecular flexibility index (Phi) is 6.89. The van der Waals surface area contributed by atoms with Gasteiger partial charge in [0.05, 0.1) is 6.04 Å². The molecular weight excluding hydrogens is 338 g/mol. The molecular formula is C23H31NO3. The lowest BCUT2D eigenvalue weighted by molar-refractivity contribution is -0.128. The average Bonchev–Trinajstić information content (AvgIpc) is 2.61. The van der Waals surface area contributed by atoms with E-state index in [1.807, 2.05) is 62.4 Å². The number of carbonyl (C=O) groups excluding carboxylic acids is 1. The van der Waals surface area contributed by atoms with Gasteiger partial charge in [0.25, 0.3) is 5.91 Å². The van der Waals surface area contributed by atoms with Crippen LogP contribution in [0.2, 0.25) is 0 Å². The maximum absolute atomic E-state index is 12.3. The number of carbonyl (C=O) groups is 1. The first kappa shape index (κ1) is 20.8. The van der Waals surface area contributed by atoms with Gasteiger partial charge in [-0.3, -0.25) is 4.79 Å². The lowest BCUT2D eigenvalue weighted by Gasteiger charge is -2.21. The predicted molar refractivity (Wildman–Crippen MR) is 110 cm³/mol. The van der Waals surface area contributed by atoms with Crippen LogP contribution in [-0.4, -0.2) is 24.7 Å². The molecule has 0 saturated carbocycles. The highest BCUT2D eigenvalue weighted by atomic mass is 16.5. The number of amides is 1. The molecule has 4 heteroatoms. The van der Waals surface area contributed by atoms with Crippen LogP contribution < -0.4 is 14.8 Å². The number of rotatable bonds is 7. The lowest BCUT2D eigenvalue weighted by atomic mass is 9.87. The first-order valence-electron chi connectivity index (χ1n) is 9.42.